The summed E-state index contributed by atoms with van der Waals surface area (Å²) in [6, 6.07) is 9.87. The van der Waals surface area contributed by atoms with Crippen LogP contribution in [0.5, 0.6) is 5.75 Å². The van der Waals surface area contributed by atoms with Gasteiger partial charge in [-0.3, -0.25) is 14.8 Å². The summed E-state index contributed by atoms with van der Waals surface area (Å²) in [4.78, 5) is 25.2. The first kappa shape index (κ1) is 21.6. The number of ether oxygens (including phenoxy) is 2. The van der Waals surface area contributed by atoms with Crippen LogP contribution in [0.2, 0.25) is 0 Å². The van der Waals surface area contributed by atoms with Gasteiger partial charge in [-0.2, -0.15) is 0 Å². The van der Waals surface area contributed by atoms with Crippen LogP contribution in [0.1, 0.15) is 24.8 Å². The normalized spacial score (nSPS) is 19.8. The number of nitrogens with zero attached hydrogens (tertiary/aromatic N) is 4. The molecule has 3 aromatic rings. The van der Waals surface area contributed by atoms with E-state index in [1.165, 1.54) is 6.20 Å². The molecule has 2 atom stereocenters. The summed E-state index contributed by atoms with van der Waals surface area (Å²) in [5.41, 5.74) is 2.48. The second-order valence-corrected chi connectivity index (χ2v) is 8.58. The molecular weight excluding hydrogens is 423 g/mol. The van der Waals surface area contributed by atoms with Gasteiger partial charge in [0.05, 0.1) is 50.3 Å². The highest BCUT2D eigenvalue weighted by Gasteiger charge is 2.42. The molecule has 0 radical (unpaired) electrons. The molecule has 0 N–H and O–H groups in total. The van der Waals surface area contributed by atoms with Crippen molar-refractivity contribution in [2.45, 2.75) is 38.0 Å². The van der Waals surface area contributed by atoms with E-state index in [-0.39, 0.29) is 23.8 Å². The van der Waals surface area contributed by atoms with Crippen LogP contribution in [-0.4, -0.2) is 59.7 Å². The number of anilines is 1. The number of amides is 1. The number of benzene rings is 1. The van der Waals surface area contributed by atoms with Gasteiger partial charge in [-0.05, 0) is 36.6 Å². The predicted octanol–water partition coefficient (Wildman–Crippen LogP) is 3.56. The highest BCUT2D eigenvalue weighted by Crippen LogP contribution is 2.36. The molecule has 2 aliphatic rings. The molecule has 0 spiro atoms. The van der Waals surface area contributed by atoms with Crippen LogP contribution in [-0.2, 0) is 16.1 Å². The predicted molar refractivity (Wildman–Crippen MR) is 123 cm³/mol. The molecule has 172 valence electrons. The SMILES string of the molecule is COc1cnc2cccc(COCCC(=O)N3CC4CCC(C3)N4c3ccncc3F)c2c1. The smallest absolute Gasteiger partial charge is 0.225 e. The Bertz CT molecular complexity index is 1140. The second-order valence-electron chi connectivity index (χ2n) is 8.58. The van der Waals surface area contributed by atoms with E-state index in [1.807, 2.05) is 29.2 Å². The topological polar surface area (TPSA) is 67.8 Å². The monoisotopic (exact) mass is 450 g/mol. The molecule has 5 rings (SSSR count). The molecular formula is C25H27FN4O3. The van der Waals surface area contributed by atoms with E-state index >= 15 is 0 Å². The zero-order valence-corrected chi connectivity index (χ0v) is 18.6. The van der Waals surface area contributed by atoms with Crippen LogP contribution in [0, 0.1) is 5.82 Å². The van der Waals surface area contributed by atoms with Crippen LogP contribution in [0.4, 0.5) is 10.1 Å². The summed E-state index contributed by atoms with van der Waals surface area (Å²) in [6.07, 6.45) is 6.83. The van der Waals surface area contributed by atoms with E-state index in [1.54, 1.807) is 25.6 Å². The Morgan fingerprint density at radius 1 is 1.18 bits per heavy atom. The molecule has 2 aliphatic heterocycles. The molecule has 33 heavy (non-hydrogen) atoms. The largest absolute Gasteiger partial charge is 0.495 e. The number of carbonyl (C=O) groups is 1. The number of hydrogen-bond acceptors (Lipinski definition) is 6. The first-order valence-electron chi connectivity index (χ1n) is 11.3. The van der Waals surface area contributed by atoms with Crippen molar-refractivity contribution in [3.63, 3.8) is 0 Å². The third kappa shape index (κ3) is 4.35. The van der Waals surface area contributed by atoms with Gasteiger partial charge in [0, 0.05) is 36.8 Å². The third-order valence-electron chi connectivity index (χ3n) is 6.61. The minimum Gasteiger partial charge on any atom is -0.495 e. The number of hydrogen-bond donors (Lipinski definition) is 0. The maximum atomic E-state index is 14.3. The number of pyridine rings is 2. The molecule has 0 saturated carbocycles. The van der Waals surface area contributed by atoms with Crippen molar-refractivity contribution in [2.75, 3.05) is 31.7 Å². The summed E-state index contributed by atoms with van der Waals surface area (Å²) in [6.45, 7) is 1.98. The highest BCUT2D eigenvalue weighted by molar-refractivity contribution is 5.83. The number of rotatable bonds is 7. The van der Waals surface area contributed by atoms with Gasteiger partial charge in [-0.15, -0.1) is 0 Å². The van der Waals surface area contributed by atoms with E-state index in [2.05, 4.69) is 14.9 Å². The van der Waals surface area contributed by atoms with Gasteiger partial charge < -0.3 is 19.3 Å². The molecule has 2 aromatic heterocycles. The molecule has 2 unspecified atom stereocenters. The highest BCUT2D eigenvalue weighted by atomic mass is 19.1. The van der Waals surface area contributed by atoms with Crippen molar-refractivity contribution in [3.05, 3.63) is 60.3 Å². The average Bonchev–Trinajstić information content (AvgIpc) is 3.09. The first-order chi connectivity index (χ1) is 16.1. The van der Waals surface area contributed by atoms with E-state index < -0.39 is 0 Å². The maximum absolute atomic E-state index is 14.3. The van der Waals surface area contributed by atoms with Gasteiger partial charge in [0.2, 0.25) is 5.91 Å². The van der Waals surface area contributed by atoms with Crippen molar-refractivity contribution >= 4 is 22.5 Å². The number of halogens is 1. The molecule has 1 amide bonds. The Kier molecular flexibility index (Phi) is 6.09. The lowest BCUT2D eigenvalue weighted by atomic mass is 10.1. The van der Waals surface area contributed by atoms with Crippen LogP contribution in [0.3, 0.4) is 0 Å². The summed E-state index contributed by atoms with van der Waals surface area (Å²) < 4.78 is 25.4. The zero-order valence-electron chi connectivity index (χ0n) is 18.6. The second kappa shape index (κ2) is 9.31. The maximum Gasteiger partial charge on any atom is 0.225 e. The van der Waals surface area contributed by atoms with Gasteiger partial charge in [0.15, 0.2) is 5.82 Å². The van der Waals surface area contributed by atoms with Gasteiger partial charge in [-0.1, -0.05) is 12.1 Å². The molecule has 2 saturated heterocycles. The number of aromatic nitrogens is 2. The number of piperazine rings is 1. The number of methoxy groups -OCH3 is 1. The first-order valence-corrected chi connectivity index (χ1v) is 11.3. The van der Waals surface area contributed by atoms with Gasteiger partial charge in [0.1, 0.15) is 5.75 Å². The molecule has 0 aliphatic carbocycles. The van der Waals surface area contributed by atoms with Crippen molar-refractivity contribution in [1.29, 1.82) is 0 Å². The van der Waals surface area contributed by atoms with Gasteiger partial charge in [-0.25, -0.2) is 4.39 Å². The van der Waals surface area contributed by atoms with E-state index in [0.717, 1.165) is 29.3 Å². The van der Waals surface area contributed by atoms with E-state index in [9.17, 15) is 9.18 Å². The third-order valence-corrected chi connectivity index (χ3v) is 6.61. The van der Waals surface area contributed by atoms with Crippen molar-refractivity contribution in [3.8, 4) is 5.75 Å². The fourth-order valence-electron chi connectivity index (χ4n) is 5.01. The van der Waals surface area contributed by atoms with Crippen molar-refractivity contribution in [2.24, 2.45) is 0 Å². The summed E-state index contributed by atoms with van der Waals surface area (Å²) in [5, 5.41) is 0.985. The van der Waals surface area contributed by atoms with Crippen LogP contribution < -0.4 is 9.64 Å². The number of likely N-dealkylation sites (tertiary alicyclic amines) is 1. The Morgan fingerprint density at radius 2 is 2.00 bits per heavy atom. The summed E-state index contributed by atoms with van der Waals surface area (Å²) >= 11 is 0. The van der Waals surface area contributed by atoms with Crippen LogP contribution in [0.15, 0.2) is 48.9 Å². The summed E-state index contributed by atoms with van der Waals surface area (Å²) in [7, 11) is 1.62. The van der Waals surface area contributed by atoms with Gasteiger partial charge in [0.25, 0.3) is 0 Å². The fourth-order valence-corrected chi connectivity index (χ4v) is 5.01. The van der Waals surface area contributed by atoms with Crippen molar-refractivity contribution in [1.82, 2.24) is 14.9 Å². The van der Waals surface area contributed by atoms with Crippen molar-refractivity contribution < 1.29 is 18.7 Å². The minimum absolute atomic E-state index is 0.0861. The zero-order chi connectivity index (χ0) is 22.8. The Hall–Kier alpha value is -3.26. The Balaban J connectivity index is 1.16. The van der Waals surface area contributed by atoms with Crippen LogP contribution >= 0.6 is 0 Å². The molecule has 4 heterocycles. The lowest BCUT2D eigenvalue weighted by molar-refractivity contribution is -0.133. The Labute approximate surface area is 192 Å². The number of carbonyl (C=O) groups excluding carboxylic acids is 1. The lowest BCUT2D eigenvalue weighted by Crippen LogP contribution is -2.55. The molecule has 7 nitrogen and oxygen atoms in total. The molecule has 2 fully saturated rings. The van der Waals surface area contributed by atoms with Gasteiger partial charge >= 0.3 is 0 Å². The molecule has 2 bridgehead atoms. The van der Waals surface area contributed by atoms with E-state index in [4.69, 9.17) is 9.47 Å². The minimum atomic E-state index is -0.302. The number of fused-ring (bicyclic) bond motifs is 3. The summed E-state index contributed by atoms with van der Waals surface area (Å²) in [5.74, 6) is 0.484. The Morgan fingerprint density at radius 3 is 2.76 bits per heavy atom. The average molecular weight is 451 g/mol. The fraction of sp³-hybridized carbons (Fsp3) is 0.400. The van der Waals surface area contributed by atoms with Crippen LogP contribution in [0.25, 0.3) is 10.9 Å². The molecule has 8 heteroatoms. The standard InChI is InChI=1S/C25H27FN4O3/c1-32-20-11-21-17(3-2-4-23(21)28-12-20)16-33-10-8-25(31)29-14-18-5-6-19(15-29)30(18)24-7-9-27-13-22(24)26/h2-4,7,9,11-13,18-19H,5-6,8,10,14-16H2,1H3. The van der Waals surface area contributed by atoms with E-state index in [0.29, 0.717) is 44.2 Å². The quantitative estimate of drug-likeness (QED) is 0.513. The lowest BCUT2D eigenvalue weighted by Gasteiger charge is -2.42. The molecule has 1 aromatic carbocycles.